The third kappa shape index (κ3) is 2.59. The van der Waals surface area contributed by atoms with E-state index in [1.807, 2.05) is 0 Å². The van der Waals surface area contributed by atoms with Crippen molar-refractivity contribution in [2.24, 2.45) is 17.8 Å². The second-order valence-corrected chi connectivity index (χ2v) is 4.85. The van der Waals surface area contributed by atoms with Gasteiger partial charge in [0.25, 0.3) is 0 Å². The fourth-order valence-corrected chi connectivity index (χ4v) is 2.93. The van der Waals surface area contributed by atoms with E-state index in [0.29, 0.717) is 18.3 Å². The highest BCUT2D eigenvalue weighted by Crippen LogP contribution is 2.45. The molecule has 0 aliphatic heterocycles. The predicted octanol–water partition coefficient (Wildman–Crippen LogP) is 0.480. The third-order valence-corrected chi connectivity index (χ3v) is 3.69. The molecule has 2 rings (SSSR count). The van der Waals surface area contributed by atoms with E-state index in [1.54, 1.807) is 0 Å². The number of hydrogen-bond acceptors (Lipinski definition) is 3. The fourth-order valence-electron chi connectivity index (χ4n) is 2.93. The minimum atomic E-state index is -1.16. The van der Waals surface area contributed by atoms with E-state index >= 15 is 0 Å². The zero-order valence-corrected chi connectivity index (χ0v) is 8.76. The fraction of sp³-hybridized carbons (Fsp3) is 0.750. The Bertz CT molecular complexity index is 272. The van der Waals surface area contributed by atoms with Crippen LogP contribution < -0.4 is 5.11 Å². The summed E-state index contributed by atoms with van der Waals surface area (Å²) in [6.45, 7) is 0. The number of carbonyl (C=O) groups excluding carboxylic acids is 1. The Morgan fingerprint density at radius 2 is 2.27 bits per heavy atom. The van der Waals surface area contributed by atoms with E-state index in [4.69, 9.17) is 0 Å². The highest BCUT2D eigenvalue weighted by Gasteiger charge is 2.35. The van der Waals surface area contributed by atoms with Crippen LogP contribution in [0.4, 0.5) is 0 Å². The van der Waals surface area contributed by atoms with Gasteiger partial charge >= 0.3 is 0 Å². The van der Waals surface area contributed by atoms with Crippen LogP contribution in [0.25, 0.3) is 0 Å². The molecule has 84 valence electrons. The lowest BCUT2D eigenvalue weighted by molar-refractivity contribution is -0.307. The van der Waals surface area contributed by atoms with Crippen molar-refractivity contribution in [3.8, 4) is 0 Å². The van der Waals surface area contributed by atoms with Gasteiger partial charge in [0, 0.05) is 12.4 Å². The molecule has 0 heterocycles. The van der Waals surface area contributed by atoms with Crippen LogP contribution in [0, 0.1) is 17.8 Å². The topological polar surface area (TPSA) is 60.4 Å². The Morgan fingerprint density at radius 3 is 2.80 bits per heavy atom. The zero-order valence-electron chi connectivity index (χ0n) is 8.76. The molecule has 2 aliphatic rings. The summed E-state index contributed by atoms with van der Waals surface area (Å²) in [7, 11) is 0. The molecule has 0 aromatic carbocycles. The van der Waals surface area contributed by atoms with Crippen molar-refractivity contribution in [1.82, 2.24) is 0 Å². The van der Waals surface area contributed by atoms with Crippen molar-refractivity contribution in [3.63, 3.8) is 0 Å². The number of aliphatic hydroxyl groups is 1. The van der Waals surface area contributed by atoms with Gasteiger partial charge in [-0.1, -0.05) is 12.2 Å². The van der Waals surface area contributed by atoms with Crippen molar-refractivity contribution in [2.45, 2.75) is 38.2 Å². The first-order valence-electron chi connectivity index (χ1n) is 5.71. The third-order valence-electron chi connectivity index (χ3n) is 3.69. The number of carbonyl (C=O) groups is 1. The first-order valence-corrected chi connectivity index (χ1v) is 5.71. The van der Waals surface area contributed by atoms with Gasteiger partial charge in [-0.05, 0) is 43.4 Å². The lowest BCUT2D eigenvalue weighted by Crippen LogP contribution is -2.27. The molecule has 1 N–H and O–H groups in total. The van der Waals surface area contributed by atoms with Gasteiger partial charge in [-0.2, -0.15) is 0 Å². The summed E-state index contributed by atoms with van der Waals surface area (Å²) >= 11 is 0. The van der Waals surface area contributed by atoms with Crippen LogP contribution in [0.3, 0.4) is 0 Å². The van der Waals surface area contributed by atoms with Crippen LogP contribution in [-0.2, 0) is 4.79 Å². The first kappa shape index (κ1) is 10.7. The average molecular weight is 209 g/mol. The van der Waals surface area contributed by atoms with Crippen molar-refractivity contribution < 1.29 is 15.0 Å². The maximum atomic E-state index is 10.3. The van der Waals surface area contributed by atoms with E-state index in [2.05, 4.69) is 12.2 Å². The lowest BCUT2D eigenvalue weighted by Gasteiger charge is -2.19. The largest absolute Gasteiger partial charge is 0.550 e. The quantitative estimate of drug-likeness (QED) is 0.670. The zero-order chi connectivity index (χ0) is 10.8. The van der Waals surface area contributed by atoms with Gasteiger partial charge in [-0.25, -0.2) is 0 Å². The van der Waals surface area contributed by atoms with Gasteiger partial charge in [0.1, 0.15) is 0 Å². The molecule has 2 aliphatic carbocycles. The van der Waals surface area contributed by atoms with E-state index < -0.39 is 12.1 Å². The van der Waals surface area contributed by atoms with Crippen molar-refractivity contribution in [3.05, 3.63) is 12.2 Å². The van der Waals surface area contributed by atoms with Crippen LogP contribution in [0.2, 0.25) is 0 Å². The predicted molar refractivity (Wildman–Crippen MR) is 53.7 cm³/mol. The molecule has 2 bridgehead atoms. The van der Waals surface area contributed by atoms with Crippen molar-refractivity contribution >= 4 is 5.97 Å². The summed E-state index contributed by atoms with van der Waals surface area (Å²) in [5, 5.41) is 19.7. The molecule has 0 saturated heterocycles. The molecule has 0 aromatic heterocycles. The van der Waals surface area contributed by atoms with E-state index in [9.17, 15) is 15.0 Å². The molecule has 3 nitrogen and oxygen atoms in total. The van der Waals surface area contributed by atoms with Crippen LogP contribution in [0.5, 0.6) is 0 Å². The number of carboxylic acid groups (broad SMARTS) is 1. The average Bonchev–Trinajstić information content (AvgIpc) is 2.74. The number of fused-ring (bicyclic) bond motifs is 2. The van der Waals surface area contributed by atoms with Crippen molar-refractivity contribution in [1.29, 1.82) is 0 Å². The number of aliphatic hydroxyl groups excluding tert-OH is 1. The van der Waals surface area contributed by atoms with Gasteiger partial charge in [0.15, 0.2) is 0 Å². The summed E-state index contributed by atoms with van der Waals surface area (Å²) in [6, 6.07) is 0. The molecule has 4 atom stereocenters. The number of rotatable bonds is 5. The Hall–Kier alpha value is -0.830. The molecule has 4 unspecified atom stereocenters. The standard InChI is InChI=1S/C12H18O3/c13-11(7-12(14)15)4-3-10-6-8-1-2-9(10)5-8/h1-2,8-11,13H,3-7H2,(H,14,15)/p-1. The number of carboxylic acids is 1. The highest BCUT2D eigenvalue weighted by atomic mass is 16.4. The van der Waals surface area contributed by atoms with Crippen LogP contribution in [0.1, 0.15) is 32.1 Å². The Morgan fingerprint density at radius 1 is 1.47 bits per heavy atom. The van der Waals surface area contributed by atoms with Gasteiger partial charge in [0.05, 0.1) is 6.10 Å². The summed E-state index contributed by atoms with van der Waals surface area (Å²) in [5.74, 6) is 0.940. The molecule has 0 amide bonds. The summed E-state index contributed by atoms with van der Waals surface area (Å²) in [4.78, 5) is 10.3. The molecular formula is C12H17O3-. The van der Waals surface area contributed by atoms with E-state index in [-0.39, 0.29) is 6.42 Å². The first-order chi connectivity index (χ1) is 7.15. The summed E-state index contributed by atoms with van der Waals surface area (Å²) < 4.78 is 0. The smallest absolute Gasteiger partial charge is 0.0592 e. The van der Waals surface area contributed by atoms with Crippen LogP contribution in [0.15, 0.2) is 12.2 Å². The Kier molecular flexibility index (Phi) is 3.10. The normalized spacial score (nSPS) is 34.6. The van der Waals surface area contributed by atoms with E-state index in [1.165, 1.54) is 12.8 Å². The molecule has 1 saturated carbocycles. The van der Waals surface area contributed by atoms with Gasteiger partial charge < -0.3 is 15.0 Å². The molecule has 3 heteroatoms. The summed E-state index contributed by atoms with van der Waals surface area (Å²) in [6.07, 6.45) is 7.65. The van der Waals surface area contributed by atoms with Crippen LogP contribution in [-0.4, -0.2) is 17.2 Å². The SMILES string of the molecule is O=C([O-])CC(O)CCC1CC2C=CC1C2. The van der Waals surface area contributed by atoms with Crippen molar-refractivity contribution in [2.75, 3.05) is 0 Å². The maximum absolute atomic E-state index is 10.3. The second-order valence-electron chi connectivity index (χ2n) is 4.85. The highest BCUT2D eigenvalue weighted by molar-refractivity contribution is 5.64. The molecule has 15 heavy (non-hydrogen) atoms. The van der Waals surface area contributed by atoms with Gasteiger partial charge in [0.2, 0.25) is 0 Å². The summed E-state index contributed by atoms with van der Waals surface area (Å²) in [5.41, 5.74) is 0. The molecule has 0 spiro atoms. The monoisotopic (exact) mass is 209 g/mol. The number of hydrogen-bond donors (Lipinski definition) is 1. The van der Waals surface area contributed by atoms with Crippen LogP contribution >= 0.6 is 0 Å². The number of allylic oxidation sites excluding steroid dienone is 2. The molecule has 1 fully saturated rings. The Labute approximate surface area is 89.8 Å². The molecule has 0 radical (unpaired) electrons. The second kappa shape index (κ2) is 4.35. The van der Waals surface area contributed by atoms with E-state index in [0.717, 1.165) is 12.3 Å². The Balaban J connectivity index is 1.70. The minimum Gasteiger partial charge on any atom is -0.550 e. The molecular weight excluding hydrogens is 192 g/mol. The van der Waals surface area contributed by atoms with Gasteiger partial charge in [-0.15, -0.1) is 0 Å². The molecule has 0 aromatic rings. The van der Waals surface area contributed by atoms with Gasteiger partial charge in [-0.3, -0.25) is 0 Å². The lowest BCUT2D eigenvalue weighted by atomic mass is 9.88. The maximum Gasteiger partial charge on any atom is 0.0592 e. The minimum absolute atomic E-state index is 0.226. The number of aliphatic carboxylic acids is 1.